The lowest BCUT2D eigenvalue weighted by Gasteiger charge is -2.20. The fourth-order valence-corrected chi connectivity index (χ4v) is 3.84. The van der Waals surface area contributed by atoms with E-state index in [2.05, 4.69) is 4.72 Å². The summed E-state index contributed by atoms with van der Waals surface area (Å²) in [5.41, 5.74) is 0.350. The first kappa shape index (κ1) is 18.8. The van der Waals surface area contributed by atoms with Crippen LogP contribution in [-0.4, -0.2) is 34.5 Å². The number of ether oxygens (including phenoxy) is 1. The van der Waals surface area contributed by atoms with E-state index in [0.717, 1.165) is 6.07 Å². The molecule has 25 heavy (non-hydrogen) atoms. The number of benzene rings is 2. The molecule has 0 saturated heterocycles. The highest BCUT2D eigenvalue weighted by Gasteiger charge is 2.25. The zero-order valence-corrected chi connectivity index (χ0v) is 15.3. The molecule has 0 radical (unpaired) electrons. The number of para-hydroxylation sites is 1. The zero-order chi connectivity index (χ0) is 18.8. The molecule has 134 valence electrons. The molecule has 0 heterocycles. The number of nitro benzene ring substituents is 1. The first-order valence-electron chi connectivity index (χ1n) is 6.98. The molecule has 0 atom stereocenters. The highest BCUT2D eigenvalue weighted by molar-refractivity contribution is 7.92. The van der Waals surface area contributed by atoms with Gasteiger partial charge in [0.05, 0.1) is 28.4 Å². The third-order valence-electron chi connectivity index (χ3n) is 3.33. The second-order valence-electron chi connectivity index (χ2n) is 5.23. The minimum Gasteiger partial charge on any atom is -0.495 e. The van der Waals surface area contributed by atoms with Crippen molar-refractivity contribution in [2.75, 3.05) is 30.8 Å². The van der Waals surface area contributed by atoms with Crippen LogP contribution in [0.1, 0.15) is 0 Å². The topological polar surface area (TPSA) is 102 Å². The van der Waals surface area contributed by atoms with E-state index in [-0.39, 0.29) is 22.0 Å². The number of hydrogen-bond donors (Lipinski definition) is 1. The maximum atomic E-state index is 12.8. The van der Waals surface area contributed by atoms with Gasteiger partial charge in [-0.1, -0.05) is 17.7 Å². The second-order valence-corrected chi connectivity index (χ2v) is 7.29. The number of nitrogens with zero attached hydrogens (tertiary/aromatic N) is 2. The van der Waals surface area contributed by atoms with E-state index in [1.807, 2.05) is 0 Å². The van der Waals surface area contributed by atoms with Gasteiger partial charge in [0.1, 0.15) is 10.6 Å². The van der Waals surface area contributed by atoms with Gasteiger partial charge in [-0.15, -0.1) is 0 Å². The number of nitro groups is 1. The number of non-ortho nitro benzene ring substituents is 1. The standard InChI is InChI=1S/C15H16ClN3O5S/c1-18(2)15-11(16)5-4-6-12(15)17-25(22,23)14-9-10(19(20)21)7-8-13(14)24-3/h4-9,17H,1-3H3. The van der Waals surface area contributed by atoms with Crippen LogP contribution in [0.2, 0.25) is 5.02 Å². The van der Waals surface area contributed by atoms with Crippen LogP contribution in [-0.2, 0) is 10.0 Å². The van der Waals surface area contributed by atoms with Crippen LogP contribution < -0.4 is 14.4 Å². The Morgan fingerprint density at radius 2 is 1.92 bits per heavy atom. The molecule has 0 aliphatic carbocycles. The lowest BCUT2D eigenvalue weighted by molar-refractivity contribution is -0.385. The van der Waals surface area contributed by atoms with Gasteiger partial charge in [-0.3, -0.25) is 14.8 Å². The van der Waals surface area contributed by atoms with Gasteiger partial charge in [-0.05, 0) is 18.2 Å². The summed E-state index contributed by atoms with van der Waals surface area (Å²) in [6.45, 7) is 0. The average molecular weight is 386 g/mol. The molecule has 2 aromatic rings. The number of nitrogens with one attached hydrogen (secondary N) is 1. The third kappa shape index (κ3) is 3.94. The normalized spacial score (nSPS) is 11.0. The van der Waals surface area contributed by atoms with Crippen molar-refractivity contribution in [2.24, 2.45) is 0 Å². The average Bonchev–Trinajstić information content (AvgIpc) is 2.53. The smallest absolute Gasteiger partial charge is 0.271 e. The summed E-state index contributed by atoms with van der Waals surface area (Å²) in [7, 11) is 0.563. The highest BCUT2D eigenvalue weighted by atomic mass is 35.5. The third-order valence-corrected chi connectivity index (χ3v) is 5.02. The van der Waals surface area contributed by atoms with Gasteiger partial charge in [0, 0.05) is 26.2 Å². The maximum Gasteiger partial charge on any atom is 0.271 e. The van der Waals surface area contributed by atoms with E-state index in [1.54, 1.807) is 37.2 Å². The Morgan fingerprint density at radius 1 is 1.24 bits per heavy atom. The van der Waals surface area contributed by atoms with Crippen molar-refractivity contribution in [2.45, 2.75) is 4.90 Å². The van der Waals surface area contributed by atoms with Crippen molar-refractivity contribution in [1.82, 2.24) is 0 Å². The van der Waals surface area contributed by atoms with E-state index in [1.165, 1.54) is 19.2 Å². The number of methoxy groups -OCH3 is 1. The van der Waals surface area contributed by atoms with Crippen LogP contribution in [0.3, 0.4) is 0 Å². The SMILES string of the molecule is COc1ccc([N+](=O)[O-])cc1S(=O)(=O)Nc1cccc(Cl)c1N(C)C. The molecule has 8 nitrogen and oxygen atoms in total. The van der Waals surface area contributed by atoms with Crippen LogP contribution in [0.15, 0.2) is 41.3 Å². The minimum absolute atomic E-state index is 0.00784. The number of halogens is 1. The Bertz CT molecular complexity index is 915. The monoisotopic (exact) mass is 385 g/mol. The molecular formula is C15H16ClN3O5S. The van der Waals surface area contributed by atoms with Crippen LogP contribution in [0.25, 0.3) is 0 Å². The van der Waals surface area contributed by atoms with Gasteiger partial charge in [-0.2, -0.15) is 0 Å². The van der Waals surface area contributed by atoms with Gasteiger partial charge in [0.25, 0.3) is 15.7 Å². The molecule has 0 amide bonds. The van der Waals surface area contributed by atoms with E-state index in [4.69, 9.17) is 16.3 Å². The molecule has 0 aliphatic rings. The number of sulfonamides is 1. The van der Waals surface area contributed by atoms with E-state index in [0.29, 0.717) is 10.7 Å². The van der Waals surface area contributed by atoms with E-state index in [9.17, 15) is 18.5 Å². The Balaban J connectivity index is 2.56. The van der Waals surface area contributed by atoms with Crippen LogP contribution >= 0.6 is 11.6 Å². The summed E-state index contributed by atoms with van der Waals surface area (Å²) in [4.78, 5) is 11.6. The van der Waals surface area contributed by atoms with Crippen molar-refractivity contribution in [3.05, 3.63) is 51.5 Å². The summed E-state index contributed by atoms with van der Waals surface area (Å²) in [6.07, 6.45) is 0. The summed E-state index contributed by atoms with van der Waals surface area (Å²) in [5.74, 6) is -0.00784. The van der Waals surface area contributed by atoms with Crippen LogP contribution in [0.5, 0.6) is 5.75 Å². The first-order chi connectivity index (χ1) is 11.7. The fraction of sp³-hybridized carbons (Fsp3) is 0.200. The van der Waals surface area contributed by atoms with E-state index >= 15 is 0 Å². The van der Waals surface area contributed by atoms with Gasteiger partial charge in [0.15, 0.2) is 0 Å². The van der Waals surface area contributed by atoms with Gasteiger partial charge in [0.2, 0.25) is 0 Å². The second kappa shape index (κ2) is 7.16. The molecule has 2 aromatic carbocycles. The Morgan fingerprint density at radius 3 is 2.48 bits per heavy atom. The highest BCUT2D eigenvalue weighted by Crippen LogP contribution is 2.35. The molecule has 0 fully saturated rings. The molecule has 0 spiro atoms. The first-order valence-corrected chi connectivity index (χ1v) is 8.84. The van der Waals surface area contributed by atoms with Gasteiger partial charge >= 0.3 is 0 Å². The van der Waals surface area contributed by atoms with Crippen molar-refractivity contribution in [1.29, 1.82) is 0 Å². The molecule has 0 saturated carbocycles. The van der Waals surface area contributed by atoms with Gasteiger partial charge in [-0.25, -0.2) is 8.42 Å². The molecule has 10 heteroatoms. The fourth-order valence-electron chi connectivity index (χ4n) is 2.24. The minimum atomic E-state index is -4.15. The lowest BCUT2D eigenvalue weighted by atomic mass is 10.2. The summed E-state index contributed by atoms with van der Waals surface area (Å²) in [5, 5.41) is 11.3. The molecular weight excluding hydrogens is 370 g/mol. The summed E-state index contributed by atoms with van der Waals surface area (Å²) < 4.78 is 33.0. The van der Waals surface area contributed by atoms with Crippen molar-refractivity contribution < 1.29 is 18.1 Å². The predicted molar refractivity (Wildman–Crippen MR) is 96.2 cm³/mol. The summed E-state index contributed by atoms with van der Waals surface area (Å²) in [6, 6.07) is 8.12. The Hall–Kier alpha value is -2.52. The van der Waals surface area contributed by atoms with Crippen LogP contribution in [0.4, 0.5) is 17.1 Å². The van der Waals surface area contributed by atoms with Crippen molar-refractivity contribution in [3.63, 3.8) is 0 Å². The maximum absolute atomic E-state index is 12.8. The van der Waals surface area contributed by atoms with Crippen molar-refractivity contribution in [3.8, 4) is 5.75 Å². The number of anilines is 2. The largest absolute Gasteiger partial charge is 0.495 e. The lowest BCUT2D eigenvalue weighted by Crippen LogP contribution is -2.18. The molecule has 1 N–H and O–H groups in total. The molecule has 0 bridgehead atoms. The molecule has 0 unspecified atom stereocenters. The molecule has 2 rings (SSSR count). The Labute approximate surface area is 150 Å². The quantitative estimate of drug-likeness (QED) is 0.605. The molecule has 0 aromatic heterocycles. The number of rotatable bonds is 6. The summed E-state index contributed by atoms with van der Waals surface area (Å²) >= 11 is 6.13. The zero-order valence-electron chi connectivity index (χ0n) is 13.7. The Kier molecular flexibility index (Phi) is 5.39. The van der Waals surface area contributed by atoms with Crippen molar-refractivity contribution >= 4 is 38.7 Å². The van der Waals surface area contributed by atoms with E-state index < -0.39 is 14.9 Å². The number of hydrogen-bond acceptors (Lipinski definition) is 6. The predicted octanol–water partition coefficient (Wildman–Crippen LogP) is 3.12. The van der Waals surface area contributed by atoms with Crippen LogP contribution in [0, 0.1) is 10.1 Å². The van der Waals surface area contributed by atoms with Gasteiger partial charge < -0.3 is 9.64 Å². The molecule has 0 aliphatic heterocycles.